The summed E-state index contributed by atoms with van der Waals surface area (Å²) in [5, 5.41) is 16.9. The number of carboxylic acid groups (broad SMARTS) is 1. The van der Waals surface area contributed by atoms with Gasteiger partial charge in [0, 0.05) is 13.0 Å². The third-order valence-electron chi connectivity index (χ3n) is 3.33. The van der Waals surface area contributed by atoms with Gasteiger partial charge in [-0.25, -0.2) is 0 Å². The zero-order valence-corrected chi connectivity index (χ0v) is 16.3. The molecule has 0 amide bonds. The average molecular weight is 341 g/mol. The van der Waals surface area contributed by atoms with Crippen molar-refractivity contribution in [2.75, 3.05) is 6.61 Å². The molecule has 0 aliphatic heterocycles. The summed E-state index contributed by atoms with van der Waals surface area (Å²) in [4.78, 5) is 10.2. The number of carbonyl (C=O) groups is 1. The van der Waals surface area contributed by atoms with E-state index < -0.39 is 5.97 Å². The van der Waals surface area contributed by atoms with Gasteiger partial charge in [0.25, 0.3) is 0 Å². The van der Waals surface area contributed by atoms with Crippen LogP contribution in [-0.2, 0) is 4.79 Å². The highest BCUT2D eigenvalue weighted by molar-refractivity contribution is 5.66. The Morgan fingerprint density at radius 1 is 0.792 bits per heavy atom. The first-order valence-electron chi connectivity index (χ1n) is 9.56. The Balaban J connectivity index is 0. The fraction of sp³-hybridized carbons (Fsp3) is 0.762. The maximum Gasteiger partial charge on any atom is 0.303 e. The van der Waals surface area contributed by atoms with Crippen LogP contribution in [0, 0.1) is 11.8 Å². The predicted octanol–water partition coefficient (Wildman–Crippen LogP) is 5.99. The third kappa shape index (κ3) is 29.0. The molecule has 0 unspecified atom stereocenters. The second kappa shape index (κ2) is 20.0. The standard InChI is InChI=1S/C11H20O2.C10H20O/c1-10(2)8-6-4-3-5-7-9-11(12)13;1-10(2)8-6-4-3-5-7-9-11/h6,8,10H,3-5,7,9H2,1-2H3,(H,12,13);6,8,10-11H,3-5,7,9H2,1-2H3/b2*8-6+. The van der Waals surface area contributed by atoms with E-state index in [1.54, 1.807) is 0 Å². The highest BCUT2D eigenvalue weighted by atomic mass is 16.4. The van der Waals surface area contributed by atoms with Crippen molar-refractivity contribution in [3.63, 3.8) is 0 Å². The lowest BCUT2D eigenvalue weighted by Crippen LogP contribution is -1.93. The van der Waals surface area contributed by atoms with E-state index in [1.165, 1.54) is 6.42 Å². The number of unbranched alkanes of at least 4 members (excludes halogenated alkanes) is 6. The van der Waals surface area contributed by atoms with E-state index in [2.05, 4.69) is 52.0 Å². The van der Waals surface area contributed by atoms with E-state index in [0.29, 0.717) is 24.9 Å². The molecule has 0 radical (unpaired) electrons. The molecule has 0 aliphatic rings. The van der Waals surface area contributed by atoms with Crippen LogP contribution in [0.1, 0.15) is 85.5 Å². The van der Waals surface area contributed by atoms with Crippen LogP contribution in [-0.4, -0.2) is 22.8 Å². The molecule has 0 aromatic carbocycles. The highest BCUT2D eigenvalue weighted by Crippen LogP contribution is 2.05. The Hall–Kier alpha value is -1.09. The molecule has 0 atom stereocenters. The lowest BCUT2D eigenvalue weighted by atomic mass is 10.1. The van der Waals surface area contributed by atoms with Crippen molar-refractivity contribution in [3.05, 3.63) is 24.3 Å². The third-order valence-corrected chi connectivity index (χ3v) is 3.33. The van der Waals surface area contributed by atoms with Crippen molar-refractivity contribution in [2.45, 2.75) is 85.5 Å². The molecule has 2 N–H and O–H groups in total. The fourth-order valence-corrected chi connectivity index (χ4v) is 2.00. The zero-order valence-electron chi connectivity index (χ0n) is 16.3. The number of aliphatic carboxylic acids is 1. The molecule has 0 heterocycles. The molecule has 0 saturated heterocycles. The van der Waals surface area contributed by atoms with Gasteiger partial charge in [0.1, 0.15) is 0 Å². The van der Waals surface area contributed by atoms with Crippen molar-refractivity contribution in [2.24, 2.45) is 11.8 Å². The SMILES string of the molecule is CC(C)/C=C/CCCCCC(=O)O.CC(C)/C=C/CCCCCO. The van der Waals surface area contributed by atoms with Crippen LogP contribution in [0.3, 0.4) is 0 Å². The fourth-order valence-electron chi connectivity index (χ4n) is 2.00. The molecule has 3 nitrogen and oxygen atoms in total. The maximum atomic E-state index is 10.2. The van der Waals surface area contributed by atoms with Gasteiger partial charge in [0.05, 0.1) is 0 Å². The van der Waals surface area contributed by atoms with E-state index in [4.69, 9.17) is 10.2 Å². The first kappa shape index (κ1) is 25.2. The topological polar surface area (TPSA) is 57.5 Å². The van der Waals surface area contributed by atoms with Gasteiger partial charge in [-0.2, -0.15) is 0 Å². The normalized spacial score (nSPS) is 11.5. The summed E-state index contributed by atoms with van der Waals surface area (Å²) in [5.41, 5.74) is 0. The van der Waals surface area contributed by atoms with Gasteiger partial charge in [-0.05, 0) is 50.4 Å². The Morgan fingerprint density at radius 2 is 1.25 bits per heavy atom. The first-order valence-corrected chi connectivity index (χ1v) is 9.56. The Bertz CT molecular complexity index is 317. The number of hydrogen-bond donors (Lipinski definition) is 2. The van der Waals surface area contributed by atoms with Crippen molar-refractivity contribution in [1.29, 1.82) is 0 Å². The molecule has 3 heteroatoms. The van der Waals surface area contributed by atoms with Crippen LogP contribution in [0.2, 0.25) is 0 Å². The predicted molar refractivity (Wildman–Crippen MR) is 104 cm³/mol. The van der Waals surface area contributed by atoms with Gasteiger partial charge < -0.3 is 10.2 Å². The van der Waals surface area contributed by atoms with Gasteiger partial charge in [-0.1, -0.05) is 64.8 Å². The second-order valence-electron chi connectivity index (χ2n) is 6.91. The van der Waals surface area contributed by atoms with Crippen LogP contribution in [0.5, 0.6) is 0 Å². The van der Waals surface area contributed by atoms with E-state index >= 15 is 0 Å². The Morgan fingerprint density at radius 3 is 1.62 bits per heavy atom. The summed E-state index contributed by atoms with van der Waals surface area (Å²) in [6.45, 7) is 9.02. The maximum absolute atomic E-state index is 10.2. The van der Waals surface area contributed by atoms with Crippen molar-refractivity contribution >= 4 is 5.97 Å². The monoisotopic (exact) mass is 340 g/mol. The minimum Gasteiger partial charge on any atom is -0.481 e. The minimum atomic E-state index is -0.683. The first-order chi connectivity index (χ1) is 11.4. The van der Waals surface area contributed by atoms with Gasteiger partial charge in [-0.3, -0.25) is 4.79 Å². The second-order valence-corrected chi connectivity index (χ2v) is 6.91. The van der Waals surface area contributed by atoms with Crippen molar-refractivity contribution < 1.29 is 15.0 Å². The average Bonchev–Trinajstić information content (AvgIpc) is 2.49. The number of aliphatic hydroxyl groups excluding tert-OH is 1. The number of rotatable bonds is 13. The smallest absolute Gasteiger partial charge is 0.303 e. The van der Waals surface area contributed by atoms with E-state index in [1.807, 2.05) is 0 Å². The highest BCUT2D eigenvalue weighted by Gasteiger charge is 1.95. The zero-order chi connectivity index (χ0) is 18.6. The van der Waals surface area contributed by atoms with E-state index in [9.17, 15) is 4.79 Å². The molecule has 0 aliphatic carbocycles. The summed E-state index contributed by atoms with van der Waals surface area (Å²) < 4.78 is 0. The van der Waals surface area contributed by atoms with E-state index in [-0.39, 0.29) is 0 Å². The Kier molecular flexibility index (Phi) is 20.9. The van der Waals surface area contributed by atoms with Crippen LogP contribution < -0.4 is 0 Å². The van der Waals surface area contributed by atoms with Gasteiger partial charge >= 0.3 is 5.97 Å². The molecular formula is C21H40O3. The number of carboxylic acids is 1. The van der Waals surface area contributed by atoms with Gasteiger partial charge in [-0.15, -0.1) is 0 Å². The summed E-state index contributed by atoms with van der Waals surface area (Å²) in [6, 6.07) is 0. The molecule has 0 aromatic rings. The molecule has 0 rings (SSSR count). The molecule has 0 aromatic heterocycles. The summed E-state index contributed by atoms with van der Waals surface area (Å²) in [5.74, 6) is 0.615. The molecular weight excluding hydrogens is 300 g/mol. The summed E-state index contributed by atoms with van der Waals surface area (Å²) in [7, 11) is 0. The van der Waals surface area contributed by atoms with Crippen molar-refractivity contribution in [1.82, 2.24) is 0 Å². The van der Waals surface area contributed by atoms with Gasteiger partial charge in [0.2, 0.25) is 0 Å². The largest absolute Gasteiger partial charge is 0.481 e. The number of aliphatic hydroxyl groups is 1. The number of hydrogen-bond acceptors (Lipinski definition) is 2. The molecule has 24 heavy (non-hydrogen) atoms. The molecule has 0 spiro atoms. The summed E-state index contributed by atoms with van der Waals surface area (Å²) in [6.07, 6.45) is 17.7. The Labute approximate surface area is 149 Å². The molecule has 0 saturated carbocycles. The van der Waals surface area contributed by atoms with Crippen molar-refractivity contribution in [3.8, 4) is 0 Å². The molecule has 142 valence electrons. The molecule has 0 fully saturated rings. The lowest BCUT2D eigenvalue weighted by Gasteiger charge is -1.96. The van der Waals surface area contributed by atoms with E-state index in [0.717, 1.165) is 44.9 Å². The van der Waals surface area contributed by atoms with Crippen LogP contribution >= 0.6 is 0 Å². The van der Waals surface area contributed by atoms with Crippen LogP contribution in [0.25, 0.3) is 0 Å². The minimum absolute atomic E-state index is 0.313. The van der Waals surface area contributed by atoms with Gasteiger partial charge in [0.15, 0.2) is 0 Å². The molecule has 0 bridgehead atoms. The summed E-state index contributed by atoms with van der Waals surface area (Å²) >= 11 is 0. The lowest BCUT2D eigenvalue weighted by molar-refractivity contribution is -0.137. The van der Waals surface area contributed by atoms with Crippen LogP contribution in [0.4, 0.5) is 0 Å². The number of allylic oxidation sites excluding steroid dienone is 4. The van der Waals surface area contributed by atoms with Crippen LogP contribution in [0.15, 0.2) is 24.3 Å². The quantitative estimate of drug-likeness (QED) is 0.320.